The minimum atomic E-state index is -2.97. The topological polar surface area (TPSA) is 46.5 Å². The standard InChI is InChI=1S/C10H7ClF2O3/c11-7-2-3-8(16-10(12)13)6(5-7)1-4-9(14)15/h1-5,10H,(H,14,15). The van der Waals surface area contributed by atoms with Gasteiger partial charge in [-0.05, 0) is 24.3 Å². The van der Waals surface area contributed by atoms with Gasteiger partial charge >= 0.3 is 12.6 Å². The summed E-state index contributed by atoms with van der Waals surface area (Å²) >= 11 is 5.64. The van der Waals surface area contributed by atoms with Gasteiger partial charge in [-0.15, -0.1) is 0 Å². The Morgan fingerprint density at radius 1 is 1.50 bits per heavy atom. The maximum Gasteiger partial charge on any atom is 0.387 e. The maximum absolute atomic E-state index is 12.0. The fourth-order valence-electron chi connectivity index (χ4n) is 1.01. The van der Waals surface area contributed by atoms with Crippen molar-refractivity contribution in [2.75, 3.05) is 0 Å². The monoisotopic (exact) mass is 248 g/mol. The summed E-state index contributed by atoms with van der Waals surface area (Å²) in [4.78, 5) is 10.3. The number of benzene rings is 1. The van der Waals surface area contributed by atoms with Crippen LogP contribution in [0.4, 0.5) is 8.78 Å². The van der Waals surface area contributed by atoms with E-state index >= 15 is 0 Å². The number of alkyl halides is 2. The van der Waals surface area contributed by atoms with Gasteiger partial charge in [-0.1, -0.05) is 11.6 Å². The molecule has 1 aromatic rings. The van der Waals surface area contributed by atoms with Crippen LogP contribution in [0.3, 0.4) is 0 Å². The lowest BCUT2D eigenvalue weighted by atomic mass is 10.2. The average Bonchev–Trinajstić information content (AvgIpc) is 2.17. The van der Waals surface area contributed by atoms with E-state index in [0.717, 1.165) is 12.2 Å². The quantitative estimate of drug-likeness (QED) is 0.833. The number of hydrogen-bond donors (Lipinski definition) is 1. The van der Waals surface area contributed by atoms with Crippen LogP contribution >= 0.6 is 11.6 Å². The highest BCUT2D eigenvalue weighted by Gasteiger charge is 2.08. The average molecular weight is 249 g/mol. The first-order valence-corrected chi connectivity index (χ1v) is 4.52. The van der Waals surface area contributed by atoms with E-state index in [1.807, 2.05) is 0 Å². The molecule has 0 spiro atoms. The van der Waals surface area contributed by atoms with E-state index in [2.05, 4.69) is 4.74 Å². The number of hydrogen-bond acceptors (Lipinski definition) is 2. The van der Waals surface area contributed by atoms with Gasteiger partial charge in [-0.3, -0.25) is 0 Å². The Kier molecular flexibility index (Phi) is 4.25. The Morgan fingerprint density at radius 2 is 2.19 bits per heavy atom. The Labute approximate surface area is 94.9 Å². The zero-order valence-corrected chi connectivity index (χ0v) is 8.62. The van der Waals surface area contributed by atoms with Gasteiger partial charge in [0.25, 0.3) is 0 Å². The number of carbonyl (C=O) groups is 1. The zero-order chi connectivity index (χ0) is 12.1. The van der Waals surface area contributed by atoms with Gasteiger partial charge in [0.15, 0.2) is 0 Å². The van der Waals surface area contributed by atoms with Crippen molar-refractivity contribution in [2.24, 2.45) is 0 Å². The molecule has 0 atom stereocenters. The number of aliphatic carboxylic acids is 1. The fourth-order valence-corrected chi connectivity index (χ4v) is 1.19. The van der Waals surface area contributed by atoms with Crippen molar-refractivity contribution in [1.29, 1.82) is 0 Å². The summed E-state index contributed by atoms with van der Waals surface area (Å²) in [6.07, 6.45) is 1.94. The zero-order valence-electron chi connectivity index (χ0n) is 7.86. The van der Waals surface area contributed by atoms with Gasteiger partial charge in [0.2, 0.25) is 0 Å². The van der Waals surface area contributed by atoms with Crippen LogP contribution in [-0.2, 0) is 4.79 Å². The first-order valence-electron chi connectivity index (χ1n) is 4.14. The second-order valence-electron chi connectivity index (χ2n) is 2.73. The summed E-state index contributed by atoms with van der Waals surface area (Å²) in [5, 5.41) is 8.71. The molecule has 0 bridgehead atoms. The molecule has 0 amide bonds. The molecule has 0 aliphatic carbocycles. The van der Waals surface area contributed by atoms with Crippen molar-refractivity contribution in [3.05, 3.63) is 34.9 Å². The first kappa shape index (κ1) is 12.4. The molecule has 0 aliphatic rings. The molecule has 0 heterocycles. The second kappa shape index (κ2) is 5.46. The molecule has 1 rings (SSSR count). The van der Waals surface area contributed by atoms with Gasteiger partial charge in [-0.2, -0.15) is 8.78 Å². The Bertz CT molecular complexity index is 419. The van der Waals surface area contributed by atoms with Crippen molar-refractivity contribution in [1.82, 2.24) is 0 Å². The van der Waals surface area contributed by atoms with Crippen molar-refractivity contribution >= 4 is 23.6 Å². The van der Waals surface area contributed by atoms with Crippen LogP contribution < -0.4 is 4.74 Å². The minimum absolute atomic E-state index is 0.128. The molecule has 86 valence electrons. The normalized spacial score (nSPS) is 11.0. The molecule has 0 saturated heterocycles. The smallest absolute Gasteiger partial charge is 0.387 e. The third-order valence-corrected chi connectivity index (χ3v) is 1.83. The fraction of sp³-hybridized carbons (Fsp3) is 0.100. The molecule has 1 N–H and O–H groups in total. The summed E-state index contributed by atoms with van der Waals surface area (Å²) in [6.45, 7) is -2.97. The highest BCUT2D eigenvalue weighted by Crippen LogP contribution is 2.25. The summed E-state index contributed by atoms with van der Waals surface area (Å²) < 4.78 is 28.2. The van der Waals surface area contributed by atoms with E-state index in [1.165, 1.54) is 18.2 Å². The van der Waals surface area contributed by atoms with E-state index in [4.69, 9.17) is 16.7 Å². The van der Waals surface area contributed by atoms with E-state index in [-0.39, 0.29) is 11.3 Å². The summed E-state index contributed by atoms with van der Waals surface area (Å²) in [7, 11) is 0. The van der Waals surface area contributed by atoms with Gasteiger partial charge in [0.05, 0.1) is 0 Å². The van der Waals surface area contributed by atoms with E-state index in [1.54, 1.807) is 0 Å². The third-order valence-electron chi connectivity index (χ3n) is 1.59. The number of rotatable bonds is 4. The van der Waals surface area contributed by atoms with Crippen LogP contribution in [0.2, 0.25) is 5.02 Å². The van der Waals surface area contributed by atoms with Gasteiger partial charge in [-0.25, -0.2) is 4.79 Å². The molecule has 0 aromatic heterocycles. The molecule has 6 heteroatoms. The molecule has 0 unspecified atom stereocenters. The molecule has 3 nitrogen and oxygen atoms in total. The summed E-state index contributed by atoms with van der Waals surface area (Å²) in [5.74, 6) is -1.32. The van der Waals surface area contributed by atoms with E-state index in [0.29, 0.717) is 5.02 Å². The Hall–Kier alpha value is -1.62. The third kappa shape index (κ3) is 3.86. The van der Waals surface area contributed by atoms with Gasteiger partial charge < -0.3 is 9.84 Å². The van der Waals surface area contributed by atoms with Crippen LogP contribution in [0.1, 0.15) is 5.56 Å². The van der Waals surface area contributed by atoms with Crippen molar-refractivity contribution < 1.29 is 23.4 Å². The number of halogens is 3. The highest BCUT2D eigenvalue weighted by molar-refractivity contribution is 6.30. The van der Waals surface area contributed by atoms with Gasteiger partial charge in [0, 0.05) is 16.7 Å². The van der Waals surface area contributed by atoms with Crippen molar-refractivity contribution in [3.63, 3.8) is 0 Å². The highest BCUT2D eigenvalue weighted by atomic mass is 35.5. The molecule has 0 saturated carbocycles. The number of carboxylic acids is 1. The Morgan fingerprint density at radius 3 is 2.75 bits per heavy atom. The van der Waals surface area contributed by atoms with E-state index in [9.17, 15) is 13.6 Å². The minimum Gasteiger partial charge on any atom is -0.478 e. The summed E-state index contributed by atoms with van der Waals surface area (Å²) in [5.41, 5.74) is 0.176. The second-order valence-corrected chi connectivity index (χ2v) is 3.17. The lowest BCUT2D eigenvalue weighted by molar-refractivity contribution is -0.131. The van der Waals surface area contributed by atoms with E-state index < -0.39 is 12.6 Å². The van der Waals surface area contributed by atoms with Crippen molar-refractivity contribution in [3.8, 4) is 5.75 Å². The molecule has 0 fully saturated rings. The van der Waals surface area contributed by atoms with Crippen LogP contribution in [0.25, 0.3) is 6.08 Å². The molecule has 1 aromatic carbocycles. The predicted octanol–water partition coefficient (Wildman–Crippen LogP) is 3.04. The lowest BCUT2D eigenvalue weighted by Gasteiger charge is -2.07. The molecule has 16 heavy (non-hydrogen) atoms. The van der Waals surface area contributed by atoms with Crippen LogP contribution in [0, 0.1) is 0 Å². The largest absolute Gasteiger partial charge is 0.478 e. The Balaban J connectivity index is 3.03. The van der Waals surface area contributed by atoms with Crippen molar-refractivity contribution in [2.45, 2.75) is 6.61 Å². The number of ether oxygens (including phenoxy) is 1. The first-order chi connectivity index (χ1) is 7.49. The SMILES string of the molecule is O=C(O)C=Cc1cc(Cl)ccc1OC(F)F. The lowest BCUT2D eigenvalue weighted by Crippen LogP contribution is -2.03. The predicted molar refractivity (Wildman–Crippen MR) is 54.8 cm³/mol. The number of carboxylic acid groups (broad SMARTS) is 1. The van der Waals surface area contributed by atoms with Gasteiger partial charge in [0.1, 0.15) is 5.75 Å². The summed E-state index contributed by atoms with van der Waals surface area (Å²) in [6, 6.07) is 3.95. The molecular weight excluding hydrogens is 242 g/mol. The van der Waals surface area contributed by atoms with Crippen LogP contribution in [-0.4, -0.2) is 17.7 Å². The maximum atomic E-state index is 12.0. The van der Waals surface area contributed by atoms with Crippen LogP contribution in [0.15, 0.2) is 24.3 Å². The molecule has 0 aliphatic heterocycles. The molecule has 0 radical (unpaired) electrons. The molecular formula is C10H7ClF2O3. The van der Waals surface area contributed by atoms with Crippen LogP contribution in [0.5, 0.6) is 5.75 Å².